The van der Waals surface area contributed by atoms with E-state index in [1.165, 1.54) is 0 Å². The first-order valence-corrected chi connectivity index (χ1v) is 17.2. The van der Waals surface area contributed by atoms with Crippen LogP contribution in [-0.2, 0) is 30.5 Å². The summed E-state index contributed by atoms with van der Waals surface area (Å²) >= 11 is 0. The zero-order valence-electron chi connectivity index (χ0n) is 29.9. The van der Waals surface area contributed by atoms with Crippen LogP contribution in [0.1, 0.15) is 57.3 Å². The van der Waals surface area contributed by atoms with Crippen molar-refractivity contribution in [2.24, 2.45) is 5.41 Å². The van der Waals surface area contributed by atoms with E-state index in [0.29, 0.717) is 17.8 Å². The van der Waals surface area contributed by atoms with Crippen molar-refractivity contribution in [1.82, 2.24) is 30.3 Å². The molecule has 0 unspecified atom stereocenters. The third kappa shape index (κ3) is 11.3. The van der Waals surface area contributed by atoms with Crippen LogP contribution in [0.2, 0.25) is 0 Å². The molecule has 1 aromatic heterocycles. The Morgan fingerprint density at radius 2 is 1.51 bits per heavy atom. The lowest BCUT2D eigenvalue weighted by Gasteiger charge is -2.41. The molecule has 2 heterocycles. The number of imide groups is 1. The van der Waals surface area contributed by atoms with Crippen molar-refractivity contribution in [1.29, 1.82) is 0 Å². The average molecular weight is 735 g/mol. The van der Waals surface area contributed by atoms with Gasteiger partial charge in [-0.05, 0) is 41.7 Å². The van der Waals surface area contributed by atoms with Crippen molar-refractivity contribution in [2.75, 3.05) is 32.7 Å². The predicted octanol–water partition coefficient (Wildman–Crippen LogP) is 3.99. The summed E-state index contributed by atoms with van der Waals surface area (Å²) in [6, 6.07) is 13.8. The van der Waals surface area contributed by atoms with E-state index in [1.54, 1.807) is 17.2 Å². The summed E-state index contributed by atoms with van der Waals surface area (Å²) in [5.74, 6) is -3.83. The number of amides is 6. The van der Waals surface area contributed by atoms with Crippen LogP contribution in [0.3, 0.4) is 0 Å². The highest BCUT2D eigenvalue weighted by molar-refractivity contribution is 6.14. The first-order valence-electron chi connectivity index (χ1n) is 17.2. The zero-order valence-corrected chi connectivity index (χ0v) is 29.9. The van der Waals surface area contributed by atoms with Crippen LogP contribution in [0.25, 0.3) is 11.1 Å². The highest BCUT2D eigenvalue weighted by Gasteiger charge is 2.37. The van der Waals surface area contributed by atoms with Gasteiger partial charge in [0, 0.05) is 80.7 Å². The Hall–Kier alpha value is -5.86. The smallest absolute Gasteiger partial charge is 0.404 e. The van der Waals surface area contributed by atoms with Crippen molar-refractivity contribution in [3.63, 3.8) is 0 Å². The molecule has 0 radical (unpaired) electrons. The van der Waals surface area contributed by atoms with E-state index >= 15 is 4.39 Å². The molecule has 4 rings (SSSR count). The second-order valence-electron chi connectivity index (χ2n) is 13.6. The number of aromatic nitrogens is 1. The molecule has 1 atom stereocenters. The van der Waals surface area contributed by atoms with Crippen LogP contribution < -0.4 is 16.0 Å². The van der Waals surface area contributed by atoms with E-state index < -0.39 is 59.4 Å². The summed E-state index contributed by atoms with van der Waals surface area (Å²) in [7, 11) is 0. The number of benzene rings is 2. The third-order valence-corrected chi connectivity index (χ3v) is 8.49. The minimum atomic E-state index is -1.21. The number of rotatable bonds is 17. The highest BCUT2D eigenvalue weighted by atomic mass is 19.1. The minimum Gasteiger partial charge on any atom is -0.465 e. The third-order valence-electron chi connectivity index (χ3n) is 8.49. The van der Waals surface area contributed by atoms with Gasteiger partial charge in [0.15, 0.2) is 0 Å². The lowest BCUT2D eigenvalue weighted by molar-refractivity contribution is -0.141. The van der Waals surface area contributed by atoms with E-state index in [-0.39, 0.29) is 56.9 Å². The van der Waals surface area contributed by atoms with Crippen molar-refractivity contribution < 1.29 is 42.7 Å². The fourth-order valence-corrected chi connectivity index (χ4v) is 6.10. The van der Waals surface area contributed by atoms with Gasteiger partial charge >= 0.3 is 6.09 Å². The minimum absolute atomic E-state index is 0.0175. The molecular weight excluding hydrogens is 690 g/mol. The van der Waals surface area contributed by atoms with Gasteiger partial charge in [-0.3, -0.25) is 28.9 Å². The molecular formula is C38H44F2N6O7. The quantitative estimate of drug-likeness (QED) is 0.120. The van der Waals surface area contributed by atoms with Crippen LogP contribution in [-0.4, -0.2) is 87.8 Å². The summed E-state index contributed by atoms with van der Waals surface area (Å²) in [6.07, 6.45) is 2.51. The van der Waals surface area contributed by atoms with Gasteiger partial charge in [-0.1, -0.05) is 51.1 Å². The largest absolute Gasteiger partial charge is 0.465 e. The molecule has 0 saturated heterocycles. The molecule has 0 saturated carbocycles. The first-order chi connectivity index (χ1) is 25.1. The Kier molecular flexibility index (Phi) is 13.6. The molecule has 1 aliphatic heterocycles. The van der Waals surface area contributed by atoms with E-state index in [4.69, 9.17) is 5.11 Å². The summed E-state index contributed by atoms with van der Waals surface area (Å²) in [4.78, 5) is 75.9. The maximum absolute atomic E-state index is 15.1. The van der Waals surface area contributed by atoms with Crippen LogP contribution >= 0.6 is 0 Å². The van der Waals surface area contributed by atoms with Crippen molar-refractivity contribution in [3.8, 4) is 11.1 Å². The Morgan fingerprint density at radius 1 is 0.849 bits per heavy atom. The van der Waals surface area contributed by atoms with Gasteiger partial charge < -0.3 is 30.5 Å². The molecule has 2 aromatic carbocycles. The van der Waals surface area contributed by atoms with Crippen molar-refractivity contribution >= 4 is 35.6 Å². The molecule has 53 heavy (non-hydrogen) atoms. The number of carbonyl (C=O) groups excluding carboxylic acids is 5. The van der Waals surface area contributed by atoms with Crippen molar-refractivity contribution in [2.45, 2.75) is 52.6 Å². The summed E-state index contributed by atoms with van der Waals surface area (Å²) < 4.78 is 31.3. The van der Waals surface area contributed by atoms with E-state index in [2.05, 4.69) is 16.0 Å². The first kappa shape index (κ1) is 39.9. The maximum atomic E-state index is 15.1. The molecule has 1 aliphatic rings. The summed E-state index contributed by atoms with van der Waals surface area (Å²) in [5.41, 5.74) is 1.38. The van der Waals surface area contributed by atoms with E-state index in [1.807, 2.05) is 55.7 Å². The lowest BCUT2D eigenvalue weighted by atomic mass is 9.82. The number of hydrogen-bond acceptors (Lipinski definition) is 6. The van der Waals surface area contributed by atoms with Gasteiger partial charge in [0.2, 0.25) is 17.7 Å². The number of nitrogens with one attached hydrogen (secondary N) is 3. The fraction of sp³-hybridized carbons (Fsp3) is 0.368. The monoisotopic (exact) mass is 734 g/mol. The zero-order chi connectivity index (χ0) is 38.7. The maximum Gasteiger partial charge on any atom is 0.404 e. The molecule has 282 valence electrons. The second-order valence-corrected chi connectivity index (χ2v) is 13.6. The van der Waals surface area contributed by atoms with E-state index in [9.17, 15) is 33.2 Å². The molecule has 13 nitrogen and oxygen atoms in total. The molecule has 0 fully saturated rings. The van der Waals surface area contributed by atoms with Gasteiger partial charge in [-0.15, -0.1) is 0 Å². The number of nitrogens with zero attached hydrogens (tertiary/aromatic N) is 3. The number of carbonyl (C=O) groups is 6. The Morgan fingerprint density at radius 3 is 2.15 bits per heavy atom. The molecule has 4 N–H and O–H groups in total. The van der Waals surface area contributed by atoms with Gasteiger partial charge in [-0.2, -0.15) is 0 Å². The van der Waals surface area contributed by atoms with Gasteiger partial charge in [0.05, 0.1) is 6.04 Å². The molecule has 0 aliphatic carbocycles. The second kappa shape index (κ2) is 18.1. The van der Waals surface area contributed by atoms with Crippen molar-refractivity contribution in [3.05, 3.63) is 95.8 Å². The summed E-state index contributed by atoms with van der Waals surface area (Å²) in [5, 5.41) is 16.6. The normalized spacial score (nSPS) is 13.2. The van der Waals surface area contributed by atoms with Gasteiger partial charge in [0.25, 0.3) is 11.8 Å². The number of carboxylic acid groups (broad SMARTS) is 1. The fourth-order valence-electron chi connectivity index (χ4n) is 6.10. The molecule has 15 heteroatoms. The summed E-state index contributed by atoms with van der Waals surface area (Å²) in [6.45, 7) is 5.92. The molecule has 0 bridgehead atoms. The molecule has 0 spiro atoms. The van der Waals surface area contributed by atoms with Crippen LogP contribution in [0.4, 0.5) is 13.6 Å². The number of hydrogen-bond donors (Lipinski definition) is 4. The van der Waals surface area contributed by atoms with Crippen LogP contribution in [0.5, 0.6) is 0 Å². The molecule has 3 aromatic rings. The Balaban J connectivity index is 1.53. The number of halogens is 2. The van der Waals surface area contributed by atoms with Crippen LogP contribution in [0, 0.1) is 17.0 Å². The van der Waals surface area contributed by atoms with Gasteiger partial charge in [-0.25, -0.2) is 13.6 Å². The average Bonchev–Trinajstić information content (AvgIpc) is 3.65. The van der Waals surface area contributed by atoms with Crippen LogP contribution in [0.15, 0.2) is 72.9 Å². The SMILES string of the molecule is CC(C)(C)[C@H](c1cc(-c2cc(F)ccc2F)cn1Cc1ccccc1)N(CCCNC(=O)O)C(=O)CCC(=O)NCCNC(=O)CN1C(=O)C=CC1=O. The lowest BCUT2D eigenvalue weighted by Crippen LogP contribution is -2.44. The Bertz CT molecular complexity index is 1840. The standard InChI is InChI=1S/C38H44F2N6O7/c1-38(2,3)36(30-20-26(28-21-27(39)10-11-29(28)40)23-44(30)22-25-8-5-4-6-9-25)45(19-7-16-43-37(52)53)33(49)13-12-31(47)41-17-18-42-32(48)24-46-34(50)14-15-35(46)51/h4-6,8-11,14-15,20-21,23,36,43H,7,12-13,16-19,22,24H2,1-3H3,(H,41,47)(H,42,48)(H,52,53)/t36-/m0/s1. The highest BCUT2D eigenvalue weighted by Crippen LogP contribution is 2.41. The van der Waals surface area contributed by atoms with E-state index in [0.717, 1.165) is 40.8 Å². The predicted molar refractivity (Wildman–Crippen MR) is 191 cm³/mol. The molecule has 6 amide bonds. The topological polar surface area (TPSA) is 170 Å². The Labute approximate surface area is 306 Å². The van der Waals surface area contributed by atoms with Gasteiger partial charge in [0.1, 0.15) is 18.2 Å².